The van der Waals surface area contributed by atoms with Gasteiger partial charge in [-0.15, -0.1) is 0 Å². The summed E-state index contributed by atoms with van der Waals surface area (Å²) in [7, 11) is 0.248. The minimum atomic E-state index is -3.54. The van der Waals surface area contributed by atoms with Crippen LogP contribution < -0.4 is 4.90 Å². The minimum Gasteiger partial charge on any atom is -0.355 e. The van der Waals surface area contributed by atoms with Gasteiger partial charge in [0.15, 0.2) is 0 Å². The molecule has 0 spiro atoms. The maximum atomic E-state index is 13.6. The normalized spacial score (nSPS) is 16.4. The summed E-state index contributed by atoms with van der Waals surface area (Å²) in [6.45, 7) is 2.80. The van der Waals surface area contributed by atoms with Gasteiger partial charge in [-0.25, -0.2) is 17.8 Å². The monoisotopic (exact) mass is 412 g/mol. The van der Waals surface area contributed by atoms with E-state index in [1.807, 2.05) is 19.0 Å². The summed E-state index contributed by atoms with van der Waals surface area (Å²) in [5.41, 5.74) is 0.746. The van der Waals surface area contributed by atoms with E-state index in [4.69, 9.17) is 11.6 Å². The molecule has 1 aromatic carbocycles. The second-order valence-electron chi connectivity index (χ2n) is 6.66. The number of hydrogen-bond acceptors (Lipinski definition) is 5. The van der Waals surface area contributed by atoms with Crippen molar-refractivity contribution in [3.8, 4) is 0 Å². The van der Waals surface area contributed by atoms with Crippen molar-refractivity contribution in [3.05, 3.63) is 52.9 Å². The predicted octanol–water partition coefficient (Wildman–Crippen LogP) is 2.45. The van der Waals surface area contributed by atoms with Crippen molar-refractivity contribution in [2.75, 3.05) is 45.2 Å². The molecule has 9 heteroatoms. The van der Waals surface area contributed by atoms with Crippen molar-refractivity contribution in [2.24, 2.45) is 0 Å². The maximum absolute atomic E-state index is 13.6. The zero-order chi connectivity index (χ0) is 19.6. The lowest BCUT2D eigenvalue weighted by Gasteiger charge is -2.31. The van der Waals surface area contributed by atoms with Gasteiger partial charge in [-0.3, -0.25) is 0 Å². The van der Waals surface area contributed by atoms with Gasteiger partial charge in [0.1, 0.15) is 16.5 Å². The topological polar surface area (TPSA) is 56.8 Å². The number of aromatic nitrogens is 1. The highest BCUT2D eigenvalue weighted by Crippen LogP contribution is 2.21. The van der Waals surface area contributed by atoms with Gasteiger partial charge in [0.05, 0.1) is 5.02 Å². The highest BCUT2D eigenvalue weighted by Gasteiger charge is 2.27. The molecule has 2 heterocycles. The fraction of sp³-hybridized carbons (Fsp3) is 0.389. The molecule has 2 aromatic rings. The lowest BCUT2D eigenvalue weighted by molar-refractivity contribution is 0.222. The summed E-state index contributed by atoms with van der Waals surface area (Å²) < 4.78 is 40.5. The fourth-order valence-corrected chi connectivity index (χ4v) is 4.41. The van der Waals surface area contributed by atoms with Gasteiger partial charge >= 0.3 is 0 Å². The first kappa shape index (κ1) is 20.0. The molecule has 0 unspecified atom stereocenters. The molecule has 0 saturated carbocycles. The Kier molecular flexibility index (Phi) is 6.00. The van der Waals surface area contributed by atoms with Gasteiger partial charge in [-0.05, 0) is 36.9 Å². The summed E-state index contributed by atoms with van der Waals surface area (Å²) in [4.78, 5) is 8.38. The molecule has 1 aliphatic heterocycles. The second kappa shape index (κ2) is 8.10. The van der Waals surface area contributed by atoms with E-state index in [0.717, 1.165) is 5.56 Å². The smallest absolute Gasteiger partial charge is 0.244 e. The lowest BCUT2D eigenvalue weighted by Crippen LogP contribution is -2.47. The summed E-state index contributed by atoms with van der Waals surface area (Å²) in [6.07, 6.45) is 1.38. The van der Waals surface area contributed by atoms with Crippen LogP contribution in [0.25, 0.3) is 0 Å². The number of piperazine rings is 1. The van der Waals surface area contributed by atoms with Crippen molar-refractivity contribution in [1.29, 1.82) is 0 Å². The van der Waals surface area contributed by atoms with Crippen molar-refractivity contribution < 1.29 is 12.8 Å². The van der Waals surface area contributed by atoms with Crippen LogP contribution in [-0.4, -0.2) is 62.9 Å². The van der Waals surface area contributed by atoms with Gasteiger partial charge in [0.25, 0.3) is 0 Å². The Hall–Kier alpha value is -1.74. The standard InChI is InChI=1S/C18H22ClFN4O2S/c1-22-7-9-24(10-8-22)27(25,26)15-4-6-18(21-12-15)23(2)13-14-3-5-16(19)17(20)11-14/h3-6,11-12H,7-10,13H2,1-2H3. The van der Waals surface area contributed by atoms with Crippen molar-refractivity contribution in [1.82, 2.24) is 14.2 Å². The van der Waals surface area contributed by atoms with Crippen LogP contribution in [0.3, 0.4) is 0 Å². The largest absolute Gasteiger partial charge is 0.355 e. The third-order valence-electron chi connectivity index (χ3n) is 4.62. The molecule has 0 amide bonds. The van der Waals surface area contributed by atoms with E-state index in [-0.39, 0.29) is 9.92 Å². The number of rotatable bonds is 5. The molecule has 146 valence electrons. The number of benzene rings is 1. The molecule has 1 aliphatic rings. The SMILES string of the molecule is CN1CCN(S(=O)(=O)c2ccc(N(C)Cc3ccc(Cl)c(F)c3)nc2)CC1. The Morgan fingerprint density at radius 2 is 1.89 bits per heavy atom. The van der Waals surface area contributed by atoms with Crippen LogP contribution in [-0.2, 0) is 16.6 Å². The van der Waals surface area contributed by atoms with Gasteiger partial charge in [-0.2, -0.15) is 4.31 Å². The molecule has 1 aromatic heterocycles. The van der Waals surface area contributed by atoms with Crippen molar-refractivity contribution in [3.63, 3.8) is 0 Å². The van der Waals surface area contributed by atoms with E-state index in [1.165, 1.54) is 22.6 Å². The predicted molar refractivity (Wildman–Crippen MR) is 104 cm³/mol. The average Bonchev–Trinajstić information content (AvgIpc) is 2.65. The van der Waals surface area contributed by atoms with Gasteiger partial charge < -0.3 is 9.80 Å². The third-order valence-corrected chi connectivity index (χ3v) is 6.80. The number of halogens is 2. The Morgan fingerprint density at radius 1 is 1.19 bits per heavy atom. The maximum Gasteiger partial charge on any atom is 0.244 e. The fourth-order valence-electron chi connectivity index (χ4n) is 2.92. The van der Waals surface area contributed by atoms with E-state index in [0.29, 0.717) is 38.5 Å². The van der Waals surface area contributed by atoms with Crippen LogP contribution in [0.4, 0.5) is 10.2 Å². The zero-order valence-corrected chi connectivity index (χ0v) is 16.8. The summed E-state index contributed by atoms with van der Waals surface area (Å²) in [6, 6.07) is 7.86. The van der Waals surface area contributed by atoms with E-state index < -0.39 is 15.8 Å². The van der Waals surface area contributed by atoms with E-state index in [9.17, 15) is 12.8 Å². The van der Waals surface area contributed by atoms with Crippen LogP contribution in [0.5, 0.6) is 0 Å². The molecule has 3 rings (SSSR count). The molecule has 0 atom stereocenters. The van der Waals surface area contributed by atoms with E-state index in [1.54, 1.807) is 18.2 Å². The molecule has 0 radical (unpaired) electrons. The number of likely N-dealkylation sites (N-methyl/N-ethyl adjacent to an activating group) is 1. The highest BCUT2D eigenvalue weighted by atomic mass is 35.5. The Bertz CT molecular complexity index is 900. The molecule has 0 aliphatic carbocycles. The number of anilines is 1. The summed E-state index contributed by atoms with van der Waals surface area (Å²) in [5.74, 6) is 0.131. The number of nitrogens with zero attached hydrogens (tertiary/aromatic N) is 4. The summed E-state index contributed by atoms with van der Waals surface area (Å²) in [5, 5.41) is 0.0815. The van der Waals surface area contributed by atoms with Crippen LogP contribution in [0.2, 0.25) is 5.02 Å². The van der Waals surface area contributed by atoms with E-state index in [2.05, 4.69) is 9.88 Å². The Labute approximate surface area is 164 Å². The first-order valence-electron chi connectivity index (χ1n) is 8.57. The molecular weight excluding hydrogens is 391 g/mol. The zero-order valence-electron chi connectivity index (χ0n) is 15.3. The Morgan fingerprint density at radius 3 is 2.48 bits per heavy atom. The van der Waals surface area contributed by atoms with Crippen LogP contribution >= 0.6 is 11.6 Å². The van der Waals surface area contributed by atoms with Crippen LogP contribution in [0.1, 0.15) is 5.56 Å². The van der Waals surface area contributed by atoms with Gasteiger partial charge in [0.2, 0.25) is 10.0 Å². The summed E-state index contributed by atoms with van der Waals surface area (Å²) >= 11 is 5.70. The number of pyridine rings is 1. The molecule has 1 fully saturated rings. The van der Waals surface area contributed by atoms with E-state index >= 15 is 0 Å². The average molecular weight is 413 g/mol. The highest BCUT2D eigenvalue weighted by molar-refractivity contribution is 7.89. The molecule has 6 nitrogen and oxygen atoms in total. The Balaban J connectivity index is 1.71. The number of sulfonamides is 1. The van der Waals surface area contributed by atoms with Crippen LogP contribution in [0, 0.1) is 5.82 Å². The molecule has 0 N–H and O–H groups in total. The van der Waals surface area contributed by atoms with Crippen LogP contribution in [0.15, 0.2) is 41.4 Å². The quantitative estimate of drug-likeness (QED) is 0.755. The number of hydrogen-bond donors (Lipinski definition) is 0. The first-order valence-corrected chi connectivity index (χ1v) is 10.4. The third kappa shape index (κ3) is 4.57. The van der Waals surface area contributed by atoms with Crippen molar-refractivity contribution >= 4 is 27.4 Å². The molecule has 0 bridgehead atoms. The molecular formula is C18H22ClFN4O2S. The lowest BCUT2D eigenvalue weighted by atomic mass is 10.2. The first-order chi connectivity index (χ1) is 12.8. The second-order valence-corrected chi connectivity index (χ2v) is 9.01. The molecule has 1 saturated heterocycles. The van der Waals surface area contributed by atoms with Gasteiger partial charge in [0, 0.05) is 46.0 Å². The van der Waals surface area contributed by atoms with Gasteiger partial charge in [-0.1, -0.05) is 17.7 Å². The van der Waals surface area contributed by atoms with Crippen molar-refractivity contribution in [2.45, 2.75) is 11.4 Å². The minimum absolute atomic E-state index is 0.0815. The molecule has 27 heavy (non-hydrogen) atoms.